The van der Waals surface area contributed by atoms with Gasteiger partial charge in [0.05, 0.1) is 17.0 Å². The van der Waals surface area contributed by atoms with Crippen molar-refractivity contribution >= 4 is 15.9 Å². The molecule has 2 atom stereocenters. The fourth-order valence-corrected chi connectivity index (χ4v) is 4.87. The summed E-state index contributed by atoms with van der Waals surface area (Å²) in [5.41, 5.74) is 0.346. The standard InChI is InChI=1S/C18H26N2O4S/c1-13(17-10-5-11-24-17)19-18(21)14-6-4-9-16(12-14)25(22,23)20-15-7-2-3-8-15/h4,6,9,12-13,15,17,20H,2-3,5,7-8,10-11H2,1H3,(H,19,21). The van der Waals surface area contributed by atoms with E-state index in [1.54, 1.807) is 12.1 Å². The summed E-state index contributed by atoms with van der Waals surface area (Å²) in [6, 6.07) is 6.10. The Morgan fingerprint density at radius 2 is 1.96 bits per heavy atom. The molecule has 3 rings (SSSR count). The smallest absolute Gasteiger partial charge is 0.251 e. The van der Waals surface area contributed by atoms with Gasteiger partial charge in [-0.1, -0.05) is 18.9 Å². The van der Waals surface area contributed by atoms with Crippen LogP contribution < -0.4 is 10.0 Å². The summed E-state index contributed by atoms with van der Waals surface area (Å²) in [7, 11) is -3.60. The average molecular weight is 366 g/mol. The number of amides is 1. The van der Waals surface area contributed by atoms with Crippen LogP contribution in [0.25, 0.3) is 0 Å². The van der Waals surface area contributed by atoms with Crippen molar-refractivity contribution in [3.8, 4) is 0 Å². The highest BCUT2D eigenvalue weighted by atomic mass is 32.2. The highest BCUT2D eigenvalue weighted by molar-refractivity contribution is 7.89. The fraction of sp³-hybridized carbons (Fsp3) is 0.611. The third kappa shape index (κ3) is 4.59. The summed E-state index contributed by atoms with van der Waals surface area (Å²) in [6.07, 6.45) is 5.82. The number of carbonyl (C=O) groups excluding carboxylic acids is 1. The van der Waals surface area contributed by atoms with Gasteiger partial charge in [0.15, 0.2) is 0 Å². The predicted octanol–water partition coefficient (Wildman–Crippen LogP) is 2.20. The molecule has 0 aromatic heterocycles. The Bertz CT molecular complexity index is 708. The first-order chi connectivity index (χ1) is 12.0. The van der Waals surface area contributed by atoms with Crippen molar-refractivity contribution in [2.24, 2.45) is 0 Å². The predicted molar refractivity (Wildman–Crippen MR) is 94.9 cm³/mol. The van der Waals surface area contributed by atoms with Crippen LogP contribution in [0, 0.1) is 0 Å². The van der Waals surface area contributed by atoms with Gasteiger partial charge < -0.3 is 10.1 Å². The molecule has 25 heavy (non-hydrogen) atoms. The Labute approximate surface area is 149 Å². The maximum Gasteiger partial charge on any atom is 0.251 e. The van der Waals surface area contributed by atoms with E-state index in [4.69, 9.17) is 4.74 Å². The molecule has 6 nitrogen and oxygen atoms in total. The number of carbonyl (C=O) groups is 1. The fourth-order valence-electron chi connectivity index (χ4n) is 3.52. The van der Waals surface area contributed by atoms with Gasteiger partial charge in [0.1, 0.15) is 0 Å². The highest BCUT2D eigenvalue weighted by Crippen LogP contribution is 2.21. The van der Waals surface area contributed by atoms with Crippen LogP contribution in [-0.4, -0.2) is 39.1 Å². The van der Waals surface area contributed by atoms with E-state index >= 15 is 0 Å². The largest absolute Gasteiger partial charge is 0.376 e. The van der Waals surface area contributed by atoms with Crippen molar-refractivity contribution in [2.75, 3.05) is 6.61 Å². The molecule has 1 amide bonds. The third-order valence-electron chi connectivity index (χ3n) is 4.96. The van der Waals surface area contributed by atoms with Crippen molar-refractivity contribution in [3.05, 3.63) is 29.8 Å². The Kier molecular flexibility index (Phi) is 5.76. The molecule has 0 radical (unpaired) electrons. The number of benzene rings is 1. The van der Waals surface area contributed by atoms with Crippen LogP contribution in [0.1, 0.15) is 55.8 Å². The number of rotatable bonds is 6. The quantitative estimate of drug-likeness (QED) is 0.808. The van der Waals surface area contributed by atoms with Crippen molar-refractivity contribution in [1.82, 2.24) is 10.0 Å². The van der Waals surface area contributed by atoms with Crippen LogP contribution >= 0.6 is 0 Å². The van der Waals surface area contributed by atoms with Crippen LogP contribution in [-0.2, 0) is 14.8 Å². The molecular weight excluding hydrogens is 340 g/mol. The molecule has 1 saturated carbocycles. The van der Waals surface area contributed by atoms with Gasteiger partial charge in [0.2, 0.25) is 10.0 Å². The van der Waals surface area contributed by atoms with E-state index in [1.807, 2.05) is 6.92 Å². The number of hydrogen-bond donors (Lipinski definition) is 2. The molecule has 1 heterocycles. The second-order valence-corrected chi connectivity index (χ2v) is 8.66. The highest BCUT2D eigenvalue weighted by Gasteiger charge is 2.26. The molecule has 2 aliphatic rings. The molecular formula is C18H26N2O4S. The van der Waals surface area contributed by atoms with E-state index < -0.39 is 10.0 Å². The first kappa shape index (κ1) is 18.4. The first-order valence-electron chi connectivity index (χ1n) is 9.00. The summed E-state index contributed by atoms with van der Waals surface area (Å²) >= 11 is 0. The molecule has 0 bridgehead atoms. The van der Waals surface area contributed by atoms with Gasteiger partial charge in [0.25, 0.3) is 5.91 Å². The van der Waals surface area contributed by atoms with Crippen molar-refractivity contribution in [3.63, 3.8) is 0 Å². The van der Waals surface area contributed by atoms with Crippen LogP contribution in [0.5, 0.6) is 0 Å². The summed E-state index contributed by atoms with van der Waals surface area (Å²) < 4.78 is 33.4. The molecule has 0 spiro atoms. The van der Waals surface area contributed by atoms with Gasteiger partial charge in [0, 0.05) is 18.2 Å². The van der Waals surface area contributed by atoms with Gasteiger partial charge in [-0.15, -0.1) is 0 Å². The SMILES string of the molecule is CC(NC(=O)c1cccc(S(=O)(=O)NC2CCCC2)c1)C1CCCO1. The van der Waals surface area contributed by atoms with Crippen LogP contribution in [0.4, 0.5) is 0 Å². The number of sulfonamides is 1. The molecule has 1 aromatic carbocycles. The van der Waals surface area contributed by atoms with Gasteiger partial charge in [-0.3, -0.25) is 4.79 Å². The summed E-state index contributed by atoms with van der Waals surface area (Å²) in [6.45, 7) is 2.64. The van der Waals surface area contributed by atoms with Gasteiger partial charge >= 0.3 is 0 Å². The lowest BCUT2D eigenvalue weighted by Crippen LogP contribution is -2.40. The Balaban J connectivity index is 1.68. The van der Waals surface area contributed by atoms with E-state index in [1.165, 1.54) is 12.1 Å². The van der Waals surface area contributed by atoms with Crippen molar-refractivity contribution in [2.45, 2.75) is 68.5 Å². The molecule has 2 fully saturated rings. The normalized spacial score (nSPS) is 22.8. The summed E-state index contributed by atoms with van der Waals surface area (Å²) in [5, 5.41) is 2.91. The second-order valence-electron chi connectivity index (χ2n) is 6.94. The van der Waals surface area contributed by atoms with Crippen molar-refractivity contribution < 1.29 is 17.9 Å². The van der Waals surface area contributed by atoms with E-state index in [-0.39, 0.29) is 29.0 Å². The van der Waals surface area contributed by atoms with Gasteiger partial charge in [-0.2, -0.15) is 0 Å². The number of nitrogens with one attached hydrogen (secondary N) is 2. The molecule has 138 valence electrons. The lowest BCUT2D eigenvalue weighted by atomic mass is 10.1. The van der Waals surface area contributed by atoms with Crippen LogP contribution in [0.15, 0.2) is 29.2 Å². The maximum atomic E-state index is 12.5. The summed E-state index contributed by atoms with van der Waals surface area (Å²) in [5.74, 6) is -0.277. The van der Waals surface area contributed by atoms with E-state index in [0.717, 1.165) is 45.1 Å². The summed E-state index contributed by atoms with van der Waals surface area (Å²) in [4.78, 5) is 12.6. The molecule has 1 aliphatic carbocycles. The minimum atomic E-state index is -3.60. The molecule has 2 unspecified atom stereocenters. The lowest BCUT2D eigenvalue weighted by molar-refractivity contribution is 0.0712. The van der Waals surface area contributed by atoms with E-state index in [2.05, 4.69) is 10.0 Å². The average Bonchev–Trinajstić information content (AvgIpc) is 3.28. The zero-order chi connectivity index (χ0) is 17.9. The molecule has 7 heteroatoms. The third-order valence-corrected chi connectivity index (χ3v) is 6.48. The molecule has 1 aromatic rings. The lowest BCUT2D eigenvalue weighted by Gasteiger charge is -2.20. The Hall–Kier alpha value is -1.44. The molecule has 1 aliphatic heterocycles. The molecule has 1 saturated heterocycles. The number of ether oxygens (including phenoxy) is 1. The zero-order valence-electron chi connectivity index (χ0n) is 14.5. The topological polar surface area (TPSA) is 84.5 Å². The minimum Gasteiger partial charge on any atom is -0.376 e. The maximum absolute atomic E-state index is 12.5. The second kappa shape index (κ2) is 7.85. The van der Waals surface area contributed by atoms with Gasteiger partial charge in [-0.25, -0.2) is 13.1 Å². The van der Waals surface area contributed by atoms with Crippen molar-refractivity contribution in [1.29, 1.82) is 0 Å². The zero-order valence-corrected chi connectivity index (χ0v) is 15.3. The van der Waals surface area contributed by atoms with E-state index in [0.29, 0.717) is 5.56 Å². The molecule has 2 N–H and O–H groups in total. The first-order valence-corrected chi connectivity index (χ1v) is 10.5. The Morgan fingerprint density at radius 3 is 2.64 bits per heavy atom. The Morgan fingerprint density at radius 1 is 1.20 bits per heavy atom. The van der Waals surface area contributed by atoms with Crippen LogP contribution in [0.2, 0.25) is 0 Å². The monoisotopic (exact) mass is 366 g/mol. The van der Waals surface area contributed by atoms with E-state index in [9.17, 15) is 13.2 Å². The number of hydrogen-bond acceptors (Lipinski definition) is 4. The van der Waals surface area contributed by atoms with Crippen LogP contribution in [0.3, 0.4) is 0 Å². The van der Waals surface area contributed by atoms with Gasteiger partial charge in [-0.05, 0) is 50.8 Å². The minimum absolute atomic E-state index is 0.00187.